The number of rotatable bonds is 6. The van der Waals surface area contributed by atoms with Crippen LogP contribution in [0, 0.1) is 5.41 Å². The number of imidazole rings is 1. The molecule has 40 heavy (non-hydrogen) atoms. The standard InChI is InChI=1S/C18H17N5O3.2C2HF3O2/c19-17(20)12-3-1-11(2-4-12)14-10-23-9-13(5-6-15(23)22-14)18(26)21-8-7-16(24)25;2*3-2(4,5)1(6)7/h1-6,9-10H,7-8H2,(H3,19,20)(H,21,26)(H,24,25);2*(H,6,7). The van der Waals surface area contributed by atoms with E-state index in [2.05, 4.69) is 10.3 Å². The van der Waals surface area contributed by atoms with E-state index in [-0.39, 0.29) is 24.7 Å². The van der Waals surface area contributed by atoms with E-state index in [1.165, 1.54) is 0 Å². The number of aromatic nitrogens is 2. The Hall–Kier alpha value is -5.16. The van der Waals surface area contributed by atoms with Crippen molar-refractivity contribution in [3.05, 3.63) is 59.9 Å². The average molecular weight is 579 g/mol. The molecule has 2 aromatic heterocycles. The SMILES string of the molecule is N=C(N)c1ccc(-c2cn3cc(C(=O)NCCC(=O)O)ccc3n2)cc1.O=C(O)C(F)(F)F.O=C(O)C(F)(F)F. The van der Waals surface area contributed by atoms with Crippen molar-refractivity contribution in [3.63, 3.8) is 0 Å². The van der Waals surface area contributed by atoms with E-state index in [4.69, 9.17) is 36.1 Å². The molecular formula is C22H19F6N5O7. The molecule has 0 saturated heterocycles. The van der Waals surface area contributed by atoms with E-state index < -0.39 is 30.3 Å². The number of halogens is 6. The minimum absolute atomic E-state index is 0.00473. The van der Waals surface area contributed by atoms with Gasteiger partial charge in [0.25, 0.3) is 5.91 Å². The summed E-state index contributed by atoms with van der Waals surface area (Å²) in [4.78, 5) is 44.9. The van der Waals surface area contributed by atoms with Gasteiger partial charge < -0.3 is 30.8 Å². The number of carbonyl (C=O) groups excluding carboxylic acids is 1. The molecule has 2 heterocycles. The maximum Gasteiger partial charge on any atom is 0.490 e. The third-order valence-electron chi connectivity index (χ3n) is 4.31. The Bertz CT molecular complexity index is 1360. The normalized spacial score (nSPS) is 10.8. The number of fused-ring (bicyclic) bond motifs is 1. The summed E-state index contributed by atoms with van der Waals surface area (Å²) in [7, 11) is 0. The van der Waals surface area contributed by atoms with Gasteiger partial charge in [0.2, 0.25) is 0 Å². The molecule has 0 atom stereocenters. The fourth-order valence-electron chi connectivity index (χ4n) is 2.47. The molecule has 3 aromatic rings. The number of hydrogen-bond acceptors (Lipinski definition) is 6. The van der Waals surface area contributed by atoms with Crippen molar-refractivity contribution in [2.75, 3.05) is 6.54 Å². The average Bonchev–Trinajstić information content (AvgIpc) is 3.27. The minimum atomic E-state index is -5.08. The maximum atomic E-state index is 12.1. The molecule has 0 aliphatic rings. The molecule has 1 amide bonds. The van der Waals surface area contributed by atoms with Crippen molar-refractivity contribution in [1.29, 1.82) is 5.41 Å². The lowest BCUT2D eigenvalue weighted by Crippen LogP contribution is -2.26. The Balaban J connectivity index is 0.000000473. The van der Waals surface area contributed by atoms with E-state index in [1.54, 1.807) is 41.1 Å². The second-order valence-electron chi connectivity index (χ2n) is 7.31. The lowest BCUT2D eigenvalue weighted by Gasteiger charge is -2.03. The summed E-state index contributed by atoms with van der Waals surface area (Å²) in [6.07, 6.45) is -6.85. The Morgan fingerprint density at radius 3 is 1.75 bits per heavy atom. The van der Waals surface area contributed by atoms with Crippen LogP contribution in [0.15, 0.2) is 48.8 Å². The van der Waals surface area contributed by atoms with Gasteiger partial charge in [-0.2, -0.15) is 26.3 Å². The fourth-order valence-corrected chi connectivity index (χ4v) is 2.47. The van der Waals surface area contributed by atoms with Crippen molar-refractivity contribution in [3.8, 4) is 11.3 Å². The summed E-state index contributed by atoms with van der Waals surface area (Å²) in [6, 6.07) is 10.5. The molecule has 0 radical (unpaired) electrons. The van der Waals surface area contributed by atoms with Crippen LogP contribution in [0.25, 0.3) is 16.9 Å². The van der Waals surface area contributed by atoms with Crippen molar-refractivity contribution >= 4 is 35.3 Å². The van der Waals surface area contributed by atoms with E-state index in [0.29, 0.717) is 16.8 Å². The highest BCUT2D eigenvalue weighted by Gasteiger charge is 2.38. The molecule has 7 N–H and O–H groups in total. The highest BCUT2D eigenvalue weighted by molar-refractivity contribution is 5.95. The van der Waals surface area contributed by atoms with E-state index in [9.17, 15) is 35.9 Å². The number of nitrogens with two attached hydrogens (primary N) is 1. The number of carbonyl (C=O) groups is 4. The smallest absolute Gasteiger partial charge is 0.481 e. The van der Waals surface area contributed by atoms with Gasteiger partial charge in [0, 0.05) is 30.1 Å². The minimum Gasteiger partial charge on any atom is -0.481 e. The molecule has 0 fully saturated rings. The summed E-state index contributed by atoms with van der Waals surface area (Å²) in [6.45, 7) is 0.0733. The molecule has 0 saturated carbocycles. The van der Waals surface area contributed by atoms with Gasteiger partial charge in [0.15, 0.2) is 0 Å². The van der Waals surface area contributed by atoms with Crippen LogP contribution in [0.3, 0.4) is 0 Å². The Morgan fingerprint density at radius 2 is 1.32 bits per heavy atom. The molecule has 18 heteroatoms. The zero-order valence-electron chi connectivity index (χ0n) is 19.7. The number of carboxylic acid groups (broad SMARTS) is 3. The van der Waals surface area contributed by atoms with Gasteiger partial charge in [-0.3, -0.25) is 15.0 Å². The molecule has 216 valence electrons. The van der Waals surface area contributed by atoms with E-state index >= 15 is 0 Å². The van der Waals surface area contributed by atoms with Crippen LogP contribution < -0.4 is 11.1 Å². The van der Waals surface area contributed by atoms with Crippen LogP contribution in [0.5, 0.6) is 0 Å². The first-order chi connectivity index (χ1) is 18.3. The third kappa shape index (κ3) is 10.7. The van der Waals surface area contributed by atoms with Gasteiger partial charge in [0.05, 0.1) is 17.7 Å². The number of nitrogen functional groups attached to an aromatic ring is 1. The summed E-state index contributed by atoms with van der Waals surface area (Å²) in [5.41, 5.74) is 8.78. The number of amidine groups is 1. The zero-order valence-corrected chi connectivity index (χ0v) is 19.7. The number of benzene rings is 1. The number of hydrogen-bond donors (Lipinski definition) is 6. The predicted molar refractivity (Wildman–Crippen MR) is 124 cm³/mol. The van der Waals surface area contributed by atoms with Crippen LogP contribution >= 0.6 is 0 Å². The first-order valence-corrected chi connectivity index (χ1v) is 10.4. The van der Waals surface area contributed by atoms with Crippen molar-refractivity contribution < 1.29 is 60.8 Å². The molecule has 0 spiro atoms. The molecule has 3 rings (SSSR count). The highest BCUT2D eigenvalue weighted by Crippen LogP contribution is 2.20. The quantitative estimate of drug-likeness (QED) is 0.144. The summed E-state index contributed by atoms with van der Waals surface area (Å²) < 4.78 is 65.2. The molecule has 0 bridgehead atoms. The maximum absolute atomic E-state index is 12.1. The second kappa shape index (κ2) is 13.6. The number of nitrogens with zero attached hydrogens (tertiary/aromatic N) is 2. The number of amides is 1. The van der Waals surface area contributed by atoms with Gasteiger partial charge >= 0.3 is 30.3 Å². The van der Waals surface area contributed by atoms with Crippen LogP contribution in [0.4, 0.5) is 26.3 Å². The lowest BCUT2D eigenvalue weighted by atomic mass is 10.1. The van der Waals surface area contributed by atoms with Crippen LogP contribution in [0.2, 0.25) is 0 Å². The third-order valence-corrected chi connectivity index (χ3v) is 4.31. The lowest BCUT2D eigenvalue weighted by molar-refractivity contribution is -0.193. The molecule has 0 aliphatic carbocycles. The Labute approximate surface area is 219 Å². The van der Waals surface area contributed by atoms with Crippen molar-refractivity contribution in [2.24, 2.45) is 5.73 Å². The van der Waals surface area contributed by atoms with Crippen LogP contribution in [0.1, 0.15) is 22.3 Å². The Morgan fingerprint density at radius 1 is 0.850 bits per heavy atom. The number of alkyl halides is 6. The number of carboxylic acids is 3. The number of aliphatic carboxylic acids is 3. The predicted octanol–water partition coefficient (Wildman–Crippen LogP) is 2.76. The van der Waals surface area contributed by atoms with Crippen LogP contribution in [-0.2, 0) is 14.4 Å². The Kier molecular flexibility index (Phi) is 11.2. The summed E-state index contributed by atoms with van der Waals surface area (Å²) >= 11 is 0. The number of pyridine rings is 1. The summed E-state index contributed by atoms with van der Waals surface area (Å²) in [5.74, 6) is -6.81. The molecular weight excluding hydrogens is 560 g/mol. The van der Waals surface area contributed by atoms with Gasteiger partial charge in [0.1, 0.15) is 11.5 Å². The van der Waals surface area contributed by atoms with Gasteiger partial charge in [-0.05, 0) is 12.1 Å². The first-order valence-electron chi connectivity index (χ1n) is 10.4. The van der Waals surface area contributed by atoms with E-state index in [1.807, 2.05) is 12.1 Å². The summed E-state index contributed by atoms with van der Waals surface area (Å²) in [5, 5.41) is 32.9. The van der Waals surface area contributed by atoms with Gasteiger partial charge in [-0.1, -0.05) is 24.3 Å². The highest BCUT2D eigenvalue weighted by atomic mass is 19.4. The molecule has 0 unspecified atom stereocenters. The number of nitrogens with one attached hydrogen (secondary N) is 2. The van der Waals surface area contributed by atoms with Gasteiger partial charge in [-0.25, -0.2) is 14.6 Å². The van der Waals surface area contributed by atoms with Gasteiger partial charge in [-0.15, -0.1) is 0 Å². The molecule has 12 nitrogen and oxygen atoms in total. The molecule has 1 aromatic carbocycles. The van der Waals surface area contributed by atoms with E-state index in [0.717, 1.165) is 11.3 Å². The topological polar surface area (TPSA) is 208 Å². The van der Waals surface area contributed by atoms with Crippen molar-refractivity contribution in [2.45, 2.75) is 18.8 Å². The largest absolute Gasteiger partial charge is 0.490 e. The van der Waals surface area contributed by atoms with Crippen LogP contribution in [-0.4, -0.2) is 73.3 Å². The monoisotopic (exact) mass is 579 g/mol. The molecule has 0 aliphatic heterocycles. The second-order valence-corrected chi connectivity index (χ2v) is 7.31. The van der Waals surface area contributed by atoms with Crippen molar-refractivity contribution in [1.82, 2.24) is 14.7 Å². The first kappa shape index (κ1) is 32.9. The zero-order chi connectivity index (χ0) is 30.8. The fraction of sp³-hybridized carbons (Fsp3) is 0.182.